The van der Waals surface area contributed by atoms with E-state index < -0.39 is 23.5 Å². The van der Waals surface area contributed by atoms with Gasteiger partial charge < -0.3 is 9.64 Å². The Morgan fingerprint density at radius 2 is 1.85 bits per heavy atom. The second kappa shape index (κ2) is 8.88. The van der Waals surface area contributed by atoms with Gasteiger partial charge in [0.1, 0.15) is 18.2 Å². The molecule has 27 heavy (non-hydrogen) atoms. The summed E-state index contributed by atoms with van der Waals surface area (Å²) in [5.41, 5.74) is 0.606. The molecular formula is C19H19F2N3O3. The molecule has 2 aromatic rings. The van der Waals surface area contributed by atoms with Crippen molar-refractivity contribution in [1.82, 2.24) is 5.01 Å². The number of carbonyl (C=O) groups excluding carboxylic acids is 2. The van der Waals surface area contributed by atoms with Crippen LogP contribution < -0.4 is 4.90 Å². The summed E-state index contributed by atoms with van der Waals surface area (Å²) in [7, 11) is 4.90. The molecule has 0 unspecified atom stereocenters. The van der Waals surface area contributed by atoms with Gasteiger partial charge in [-0.15, -0.1) is 0 Å². The number of amides is 1. The van der Waals surface area contributed by atoms with Crippen LogP contribution in [0.25, 0.3) is 0 Å². The zero-order valence-electron chi connectivity index (χ0n) is 15.1. The van der Waals surface area contributed by atoms with E-state index in [4.69, 9.17) is 4.74 Å². The lowest BCUT2D eigenvalue weighted by molar-refractivity contribution is 0.0565. The molecule has 0 saturated carbocycles. The fourth-order valence-electron chi connectivity index (χ4n) is 2.15. The molecule has 6 nitrogen and oxygen atoms in total. The summed E-state index contributed by atoms with van der Waals surface area (Å²) in [6.07, 6.45) is 1.18. The maximum absolute atomic E-state index is 13.9. The van der Waals surface area contributed by atoms with Crippen LogP contribution in [0.3, 0.4) is 0 Å². The first kappa shape index (κ1) is 20.0. The van der Waals surface area contributed by atoms with E-state index >= 15 is 0 Å². The molecule has 0 saturated heterocycles. The number of esters is 1. The van der Waals surface area contributed by atoms with Gasteiger partial charge in [0, 0.05) is 26.8 Å². The fourth-order valence-corrected chi connectivity index (χ4v) is 2.15. The van der Waals surface area contributed by atoms with E-state index in [-0.39, 0.29) is 17.7 Å². The predicted molar refractivity (Wildman–Crippen MR) is 98.0 cm³/mol. The minimum absolute atomic E-state index is 0.0652. The van der Waals surface area contributed by atoms with Gasteiger partial charge in [0.25, 0.3) is 5.91 Å². The molecule has 0 fully saturated rings. The van der Waals surface area contributed by atoms with Gasteiger partial charge in [-0.05, 0) is 36.4 Å². The van der Waals surface area contributed by atoms with E-state index in [1.54, 1.807) is 25.1 Å². The number of anilines is 1. The smallest absolute Gasteiger partial charge is 0.338 e. The van der Waals surface area contributed by atoms with Crippen LogP contribution in [0.1, 0.15) is 20.7 Å². The maximum atomic E-state index is 13.9. The summed E-state index contributed by atoms with van der Waals surface area (Å²) in [6, 6.07) is 9.26. The van der Waals surface area contributed by atoms with Crippen LogP contribution in [0.5, 0.6) is 0 Å². The number of nitrogens with zero attached hydrogens (tertiary/aromatic N) is 3. The van der Waals surface area contributed by atoms with Crippen LogP contribution in [0.4, 0.5) is 14.5 Å². The van der Waals surface area contributed by atoms with E-state index in [0.717, 1.165) is 11.1 Å². The second-order valence-electron chi connectivity index (χ2n) is 5.79. The minimum Gasteiger partial charge on any atom is -0.456 e. The third-order valence-electron chi connectivity index (χ3n) is 3.59. The highest BCUT2D eigenvalue weighted by Crippen LogP contribution is 2.18. The molecule has 0 aliphatic rings. The number of hydrazone groups is 1. The lowest BCUT2D eigenvalue weighted by Crippen LogP contribution is -2.23. The van der Waals surface area contributed by atoms with Crippen molar-refractivity contribution in [3.05, 3.63) is 65.2 Å². The van der Waals surface area contributed by atoms with Gasteiger partial charge >= 0.3 is 5.97 Å². The highest BCUT2D eigenvalue weighted by Gasteiger charge is 2.17. The Hall–Kier alpha value is -3.29. The Kier molecular flexibility index (Phi) is 6.59. The molecule has 0 radical (unpaired) electrons. The molecule has 142 valence electrons. The summed E-state index contributed by atoms with van der Waals surface area (Å²) in [5.74, 6) is -2.58. The monoisotopic (exact) mass is 375 g/mol. The highest BCUT2D eigenvalue weighted by molar-refractivity contribution is 5.95. The van der Waals surface area contributed by atoms with Gasteiger partial charge in [-0.25, -0.2) is 18.6 Å². The second-order valence-corrected chi connectivity index (χ2v) is 5.79. The Labute approximate surface area is 155 Å². The Bertz CT molecular complexity index is 869. The number of carbonyl (C=O) groups is 2. The van der Waals surface area contributed by atoms with Gasteiger partial charge in [0.05, 0.1) is 17.3 Å². The average Bonchev–Trinajstić information content (AvgIpc) is 2.64. The Morgan fingerprint density at radius 1 is 1.11 bits per heavy atom. The quantitative estimate of drug-likeness (QED) is 0.442. The van der Waals surface area contributed by atoms with Gasteiger partial charge in [-0.3, -0.25) is 4.79 Å². The Balaban J connectivity index is 1.96. The first-order valence-corrected chi connectivity index (χ1v) is 7.99. The van der Waals surface area contributed by atoms with E-state index in [1.807, 2.05) is 0 Å². The number of ether oxygens (including phenoxy) is 1. The molecule has 2 rings (SSSR count). The van der Waals surface area contributed by atoms with Crippen LogP contribution >= 0.6 is 0 Å². The lowest BCUT2D eigenvalue weighted by atomic mass is 10.1. The van der Waals surface area contributed by atoms with E-state index in [1.165, 1.54) is 43.6 Å². The summed E-state index contributed by atoms with van der Waals surface area (Å²) in [6.45, 7) is -0.229. The molecule has 0 atom stereocenters. The maximum Gasteiger partial charge on any atom is 0.338 e. The number of hydrogen-bond donors (Lipinski definition) is 0. The van der Waals surface area contributed by atoms with Gasteiger partial charge in [-0.2, -0.15) is 5.10 Å². The first-order chi connectivity index (χ1) is 12.8. The summed E-state index contributed by atoms with van der Waals surface area (Å²) < 4.78 is 31.9. The molecule has 0 bridgehead atoms. The molecule has 0 heterocycles. The fraction of sp³-hybridized carbons (Fsp3) is 0.211. The van der Waals surface area contributed by atoms with Crippen molar-refractivity contribution in [2.24, 2.45) is 5.10 Å². The topological polar surface area (TPSA) is 62.2 Å². The average molecular weight is 375 g/mol. The van der Waals surface area contributed by atoms with Crippen LogP contribution in [0.15, 0.2) is 47.6 Å². The number of benzene rings is 2. The first-order valence-electron chi connectivity index (χ1n) is 7.99. The molecule has 1 amide bonds. The van der Waals surface area contributed by atoms with E-state index in [9.17, 15) is 18.4 Å². The van der Waals surface area contributed by atoms with Crippen LogP contribution in [-0.2, 0) is 4.74 Å². The lowest BCUT2D eigenvalue weighted by Gasteiger charge is -2.16. The molecule has 0 N–H and O–H groups in total. The van der Waals surface area contributed by atoms with Crippen molar-refractivity contribution in [1.29, 1.82) is 0 Å². The summed E-state index contributed by atoms with van der Waals surface area (Å²) in [4.78, 5) is 25.8. The van der Waals surface area contributed by atoms with E-state index in [2.05, 4.69) is 5.10 Å². The van der Waals surface area contributed by atoms with Crippen molar-refractivity contribution in [3.63, 3.8) is 0 Å². The zero-order valence-corrected chi connectivity index (χ0v) is 15.1. The van der Waals surface area contributed by atoms with Crippen LogP contribution in [0, 0.1) is 11.6 Å². The Morgan fingerprint density at radius 3 is 2.52 bits per heavy atom. The van der Waals surface area contributed by atoms with Gasteiger partial charge in [0.15, 0.2) is 0 Å². The molecule has 0 aliphatic heterocycles. The minimum atomic E-state index is -0.723. The molecular weight excluding hydrogens is 356 g/mol. The van der Waals surface area contributed by atoms with Crippen molar-refractivity contribution in [2.45, 2.75) is 0 Å². The van der Waals surface area contributed by atoms with Crippen LogP contribution in [-0.4, -0.2) is 50.8 Å². The van der Waals surface area contributed by atoms with Crippen molar-refractivity contribution < 1.29 is 23.1 Å². The number of halogens is 2. The third-order valence-corrected chi connectivity index (χ3v) is 3.59. The molecule has 0 spiro atoms. The predicted octanol–water partition coefficient (Wildman–Crippen LogP) is 2.95. The van der Waals surface area contributed by atoms with Crippen LogP contribution in [0.2, 0.25) is 0 Å². The summed E-state index contributed by atoms with van der Waals surface area (Å²) in [5, 5.41) is 4.76. The largest absolute Gasteiger partial charge is 0.456 e. The third kappa shape index (κ3) is 5.34. The molecule has 8 heteroatoms. The van der Waals surface area contributed by atoms with Crippen molar-refractivity contribution in [3.8, 4) is 0 Å². The SMILES string of the molecule is CN(N=CCOC(=O)c1cccc(F)c1)C(=O)c1cc(N(C)C)ccc1F. The molecule has 0 aromatic heterocycles. The number of rotatable bonds is 6. The highest BCUT2D eigenvalue weighted by atomic mass is 19.1. The summed E-state index contributed by atoms with van der Waals surface area (Å²) >= 11 is 0. The van der Waals surface area contributed by atoms with Gasteiger partial charge in [0.2, 0.25) is 0 Å². The molecule has 2 aromatic carbocycles. The normalized spacial score (nSPS) is 10.7. The number of hydrogen-bond acceptors (Lipinski definition) is 5. The van der Waals surface area contributed by atoms with Crippen molar-refractivity contribution >= 4 is 23.8 Å². The standard InChI is InChI=1S/C19H19F2N3O3/c1-23(2)15-7-8-17(21)16(12-15)18(25)24(3)22-9-10-27-19(26)13-5-4-6-14(20)11-13/h4-9,11-12H,10H2,1-3H3. The molecule has 0 aliphatic carbocycles. The zero-order chi connectivity index (χ0) is 20.0. The van der Waals surface area contributed by atoms with E-state index in [0.29, 0.717) is 5.69 Å². The van der Waals surface area contributed by atoms with Crippen molar-refractivity contribution in [2.75, 3.05) is 32.6 Å². The van der Waals surface area contributed by atoms with Gasteiger partial charge in [-0.1, -0.05) is 6.07 Å².